The van der Waals surface area contributed by atoms with Crippen molar-refractivity contribution in [1.82, 2.24) is 9.88 Å². The molecule has 0 saturated carbocycles. The van der Waals surface area contributed by atoms with E-state index in [2.05, 4.69) is 4.98 Å². The Morgan fingerprint density at radius 3 is 3.05 bits per heavy atom. The Balaban J connectivity index is 1.76. The summed E-state index contributed by atoms with van der Waals surface area (Å²) in [5, 5.41) is 19.8. The first-order valence-electron chi connectivity index (χ1n) is 7.15. The number of aliphatic hydroxyl groups is 2. The van der Waals surface area contributed by atoms with Gasteiger partial charge in [-0.05, 0) is 44.2 Å². The molecule has 108 valence electrons. The SMILES string of the molecule is C[C@]1(O)CCN(C(=O)c2cnc3c(c2)CCC3)C[C@H]1O. The molecule has 1 aromatic heterocycles. The number of hydrogen-bond acceptors (Lipinski definition) is 4. The van der Waals surface area contributed by atoms with Crippen molar-refractivity contribution in [3.05, 3.63) is 29.1 Å². The van der Waals surface area contributed by atoms with Gasteiger partial charge in [0.1, 0.15) is 0 Å². The highest BCUT2D eigenvalue weighted by molar-refractivity contribution is 5.94. The number of aromatic nitrogens is 1. The highest BCUT2D eigenvalue weighted by atomic mass is 16.3. The Morgan fingerprint density at radius 1 is 1.50 bits per heavy atom. The van der Waals surface area contributed by atoms with Gasteiger partial charge in [0.2, 0.25) is 0 Å². The van der Waals surface area contributed by atoms with E-state index < -0.39 is 11.7 Å². The third kappa shape index (κ3) is 2.31. The number of amides is 1. The fourth-order valence-corrected chi connectivity index (χ4v) is 2.94. The van der Waals surface area contributed by atoms with Crippen LogP contribution in [0.2, 0.25) is 0 Å². The van der Waals surface area contributed by atoms with Crippen LogP contribution in [0.1, 0.15) is 41.4 Å². The molecule has 0 unspecified atom stereocenters. The molecule has 1 amide bonds. The first-order chi connectivity index (χ1) is 9.47. The number of hydrogen-bond donors (Lipinski definition) is 2. The maximum absolute atomic E-state index is 12.4. The molecule has 2 N–H and O–H groups in total. The van der Waals surface area contributed by atoms with Crippen molar-refractivity contribution < 1.29 is 15.0 Å². The molecule has 2 atom stereocenters. The summed E-state index contributed by atoms with van der Waals surface area (Å²) in [4.78, 5) is 18.4. The van der Waals surface area contributed by atoms with Crippen LogP contribution < -0.4 is 0 Å². The lowest BCUT2D eigenvalue weighted by atomic mass is 9.90. The number of carbonyl (C=O) groups is 1. The van der Waals surface area contributed by atoms with Crippen LogP contribution in [0.5, 0.6) is 0 Å². The van der Waals surface area contributed by atoms with Gasteiger partial charge in [-0.2, -0.15) is 0 Å². The molecular weight excluding hydrogens is 256 g/mol. The lowest BCUT2D eigenvalue weighted by Gasteiger charge is -2.39. The van der Waals surface area contributed by atoms with Gasteiger partial charge in [0.05, 0.1) is 17.3 Å². The van der Waals surface area contributed by atoms with Crippen molar-refractivity contribution >= 4 is 5.91 Å². The molecule has 1 fully saturated rings. The summed E-state index contributed by atoms with van der Waals surface area (Å²) in [5.74, 6) is -0.109. The molecule has 20 heavy (non-hydrogen) atoms. The minimum Gasteiger partial charge on any atom is -0.388 e. The van der Waals surface area contributed by atoms with Gasteiger partial charge in [0.25, 0.3) is 5.91 Å². The number of aliphatic hydroxyl groups excluding tert-OH is 1. The number of fused-ring (bicyclic) bond motifs is 1. The smallest absolute Gasteiger partial charge is 0.255 e. The topological polar surface area (TPSA) is 73.7 Å². The zero-order valence-electron chi connectivity index (χ0n) is 11.7. The first kappa shape index (κ1) is 13.5. The molecule has 3 rings (SSSR count). The third-order valence-electron chi connectivity index (χ3n) is 4.45. The summed E-state index contributed by atoms with van der Waals surface area (Å²) in [5.41, 5.74) is 1.75. The number of aryl methyl sites for hydroxylation is 2. The average molecular weight is 276 g/mol. The van der Waals surface area contributed by atoms with E-state index in [1.165, 1.54) is 5.56 Å². The van der Waals surface area contributed by atoms with Crippen molar-refractivity contribution in [1.29, 1.82) is 0 Å². The van der Waals surface area contributed by atoms with Crippen molar-refractivity contribution in [3.8, 4) is 0 Å². The third-order valence-corrected chi connectivity index (χ3v) is 4.45. The van der Waals surface area contributed by atoms with E-state index >= 15 is 0 Å². The molecule has 2 aliphatic rings. The fourth-order valence-electron chi connectivity index (χ4n) is 2.94. The number of carbonyl (C=O) groups excluding carboxylic acids is 1. The Bertz CT molecular complexity index is 542. The summed E-state index contributed by atoms with van der Waals surface area (Å²) in [6.45, 7) is 2.24. The highest BCUT2D eigenvalue weighted by Crippen LogP contribution is 2.25. The van der Waals surface area contributed by atoms with Gasteiger partial charge < -0.3 is 15.1 Å². The van der Waals surface area contributed by atoms with E-state index in [0.717, 1.165) is 25.0 Å². The number of pyridine rings is 1. The lowest BCUT2D eigenvalue weighted by molar-refractivity contribution is -0.0999. The predicted molar refractivity (Wildman–Crippen MR) is 73.4 cm³/mol. The monoisotopic (exact) mass is 276 g/mol. The average Bonchev–Trinajstić information content (AvgIpc) is 2.88. The maximum Gasteiger partial charge on any atom is 0.255 e. The van der Waals surface area contributed by atoms with Gasteiger partial charge >= 0.3 is 0 Å². The second kappa shape index (κ2) is 4.82. The van der Waals surface area contributed by atoms with Gasteiger partial charge in [-0.1, -0.05) is 0 Å². The van der Waals surface area contributed by atoms with Crippen LogP contribution in [0.3, 0.4) is 0 Å². The van der Waals surface area contributed by atoms with Gasteiger partial charge in [-0.3, -0.25) is 9.78 Å². The van der Waals surface area contributed by atoms with Gasteiger partial charge in [0.15, 0.2) is 0 Å². The van der Waals surface area contributed by atoms with Gasteiger partial charge in [0, 0.05) is 25.0 Å². The number of rotatable bonds is 1. The molecule has 5 heteroatoms. The van der Waals surface area contributed by atoms with Crippen LogP contribution in [0, 0.1) is 0 Å². The molecule has 2 heterocycles. The second-order valence-corrected chi connectivity index (χ2v) is 6.06. The molecule has 5 nitrogen and oxygen atoms in total. The molecule has 1 aromatic rings. The summed E-state index contributed by atoms with van der Waals surface area (Å²) in [7, 11) is 0. The van der Waals surface area contributed by atoms with Gasteiger partial charge in [-0.25, -0.2) is 0 Å². The van der Waals surface area contributed by atoms with Crippen LogP contribution in [-0.4, -0.2) is 50.8 Å². The van der Waals surface area contributed by atoms with Crippen LogP contribution >= 0.6 is 0 Å². The predicted octanol–water partition coefficient (Wildman–Crippen LogP) is 0.528. The maximum atomic E-state index is 12.4. The molecule has 1 saturated heterocycles. The Morgan fingerprint density at radius 2 is 2.30 bits per heavy atom. The largest absolute Gasteiger partial charge is 0.388 e. The number of likely N-dealkylation sites (tertiary alicyclic amines) is 1. The standard InChI is InChI=1S/C15H20N2O3/c1-15(20)5-6-17(9-13(15)18)14(19)11-7-10-3-2-4-12(10)16-8-11/h7-8,13,18,20H,2-6,9H2,1H3/t13-,15+/m1/s1. The summed E-state index contributed by atoms with van der Waals surface area (Å²) < 4.78 is 0. The van der Waals surface area contributed by atoms with Crippen LogP contribution in [0.25, 0.3) is 0 Å². The minimum atomic E-state index is -1.10. The van der Waals surface area contributed by atoms with E-state index in [-0.39, 0.29) is 12.5 Å². The van der Waals surface area contributed by atoms with Crippen molar-refractivity contribution in [2.24, 2.45) is 0 Å². The second-order valence-electron chi connectivity index (χ2n) is 6.06. The molecular formula is C15H20N2O3. The zero-order valence-corrected chi connectivity index (χ0v) is 11.7. The Hall–Kier alpha value is -1.46. The van der Waals surface area contributed by atoms with E-state index in [1.54, 1.807) is 18.0 Å². The molecule has 0 radical (unpaired) electrons. The summed E-state index contributed by atoms with van der Waals surface area (Å²) in [6, 6.07) is 1.93. The van der Waals surface area contributed by atoms with Crippen LogP contribution in [0.4, 0.5) is 0 Å². The zero-order chi connectivity index (χ0) is 14.3. The number of β-amino-alcohol motifs (C(OH)–C–C–N with tert-alkyl or cyclic N) is 1. The van der Waals surface area contributed by atoms with Crippen molar-refractivity contribution in [2.45, 2.75) is 44.3 Å². The molecule has 0 spiro atoms. The van der Waals surface area contributed by atoms with Crippen molar-refractivity contribution in [2.75, 3.05) is 13.1 Å². The summed E-state index contributed by atoms with van der Waals surface area (Å²) >= 11 is 0. The first-order valence-corrected chi connectivity index (χ1v) is 7.15. The van der Waals surface area contributed by atoms with E-state index in [1.807, 2.05) is 6.07 Å². The van der Waals surface area contributed by atoms with E-state index in [9.17, 15) is 15.0 Å². The molecule has 0 aromatic carbocycles. The quantitative estimate of drug-likeness (QED) is 0.784. The van der Waals surface area contributed by atoms with Crippen LogP contribution in [0.15, 0.2) is 12.3 Å². The van der Waals surface area contributed by atoms with Gasteiger partial charge in [-0.15, -0.1) is 0 Å². The Labute approximate surface area is 118 Å². The highest BCUT2D eigenvalue weighted by Gasteiger charge is 2.38. The van der Waals surface area contributed by atoms with E-state index in [0.29, 0.717) is 18.5 Å². The fraction of sp³-hybridized carbons (Fsp3) is 0.600. The minimum absolute atomic E-state index is 0.109. The number of piperidine rings is 1. The summed E-state index contributed by atoms with van der Waals surface area (Å²) in [6.07, 6.45) is 4.20. The van der Waals surface area contributed by atoms with Crippen LogP contribution in [-0.2, 0) is 12.8 Å². The van der Waals surface area contributed by atoms with E-state index in [4.69, 9.17) is 0 Å². The molecule has 1 aliphatic carbocycles. The van der Waals surface area contributed by atoms with Crippen molar-refractivity contribution in [3.63, 3.8) is 0 Å². The Kier molecular flexibility index (Phi) is 3.26. The molecule has 0 bridgehead atoms. The lowest BCUT2D eigenvalue weighted by Crippen LogP contribution is -2.55. The normalized spacial score (nSPS) is 29.4. The number of nitrogens with zero attached hydrogens (tertiary/aromatic N) is 2. The molecule has 1 aliphatic heterocycles.